The summed E-state index contributed by atoms with van der Waals surface area (Å²) in [5.41, 5.74) is 2.14. The minimum Gasteiger partial charge on any atom is -0.394 e. The lowest BCUT2D eigenvalue weighted by Crippen LogP contribution is -2.36. The first-order valence-electron chi connectivity index (χ1n) is 6.44. The highest BCUT2D eigenvalue weighted by Gasteiger charge is 2.13. The first-order chi connectivity index (χ1) is 9.19. The zero-order chi connectivity index (χ0) is 13.8. The Morgan fingerprint density at radius 2 is 2.26 bits per heavy atom. The molecule has 0 radical (unpaired) electrons. The van der Waals surface area contributed by atoms with E-state index in [1.54, 1.807) is 16.8 Å². The van der Waals surface area contributed by atoms with Crippen LogP contribution < -0.4 is 5.32 Å². The van der Waals surface area contributed by atoms with Crippen LogP contribution in [-0.4, -0.2) is 38.7 Å². The molecule has 0 spiro atoms. The second kappa shape index (κ2) is 5.79. The number of amides is 1. The van der Waals surface area contributed by atoms with Crippen LogP contribution >= 0.6 is 0 Å². The third-order valence-electron chi connectivity index (χ3n) is 3.12. The molecule has 0 aliphatic carbocycles. The van der Waals surface area contributed by atoms with Crippen LogP contribution in [0.5, 0.6) is 0 Å². The summed E-state index contributed by atoms with van der Waals surface area (Å²) in [6, 6.07) is 5.09. The van der Waals surface area contributed by atoms with Gasteiger partial charge in [-0.2, -0.15) is 0 Å². The lowest BCUT2D eigenvalue weighted by molar-refractivity contribution is 0.0915. The van der Waals surface area contributed by atoms with Gasteiger partial charge >= 0.3 is 0 Å². The smallest absolute Gasteiger partial charge is 0.251 e. The summed E-state index contributed by atoms with van der Waals surface area (Å²) in [7, 11) is 0. The number of aliphatic hydroxyl groups excluding tert-OH is 1. The molecule has 102 valence electrons. The molecule has 0 unspecified atom stereocenters. The summed E-state index contributed by atoms with van der Waals surface area (Å²) in [5.74, 6) is -0.200. The van der Waals surface area contributed by atoms with Gasteiger partial charge in [0.2, 0.25) is 0 Å². The number of hydrogen-bond donors (Lipinski definition) is 2. The number of benzene rings is 1. The fourth-order valence-corrected chi connectivity index (χ4v) is 1.89. The number of aromatic nitrogens is 3. The Morgan fingerprint density at radius 1 is 1.47 bits per heavy atom. The van der Waals surface area contributed by atoms with Gasteiger partial charge in [-0.1, -0.05) is 12.1 Å². The maximum Gasteiger partial charge on any atom is 0.251 e. The summed E-state index contributed by atoms with van der Waals surface area (Å²) in [6.45, 7) is 4.58. The van der Waals surface area contributed by atoms with Crippen LogP contribution in [0, 0.1) is 0 Å². The van der Waals surface area contributed by atoms with E-state index in [1.165, 1.54) is 0 Å². The summed E-state index contributed by atoms with van der Waals surface area (Å²) in [4.78, 5) is 12.0. The average molecular weight is 262 g/mol. The van der Waals surface area contributed by atoms with Crippen molar-refractivity contribution in [2.24, 2.45) is 0 Å². The third-order valence-corrected chi connectivity index (χ3v) is 3.12. The van der Waals surface area contributed by atoms with Crippen molar-refractivity contribution in [3.05, 3.63) is 23.8 Å². The Kier molecular flexibility index (Phi) is 4.11. The summed E-state index contributed by atoms with van der Waals surface area (Å²) in [6.07, 6.45) is 0.691. The molecular weight excluding hydrogens is 244 g/mol. The molecule has 0 aliphatic heterocycles. The standard InChI is InChI=1S/C13H18N4O2/c1-3-10(8-18)14-13(19)9-5-6-12-11(7-9)15-16-17(12)4-2/h5-7,10,18H,3-4,8H2,1-2H3,(H,14,19)/t10-/m1/s1. The van der Waals surface area contributed by atoms with E-state index in [1.807, 2.05) is 19.9 Å². The van der Waals surface area contributed by atoms with Crippen LogP contribution in [0.3, 0.4) is 0 Å². The van der Waals surface area contributed by atoms with Crippen LogP contribution in [0.1, 0.15) is 30.6 Å². The molecule has 0 aliphatic rings. The number of fused-ring (bicyclic) bond motifs is 1. The van der Waals surface area contributed by atoms with Crippen molar-refractivity contribution >= 4 is 16.9 Å². The molecule has 0 saturated heterocycles. The van der Waals surface area contributed by atoms with Crippen molar-refractivity contribution in [1.82, 2.24) is 20.3 Å². The first-order valence-corrected chi connectivity index (χ1v) is 6.44. The Morgan fingerprint density at radius 3 is 2.89 bits per heavy atom. The van der Waals surface area contributed by atoms with Crippen molar-refractivity contribution in [2.75, 3.05) is 6.61 Å². The van der Waals surface area contributed by atoms with Gasteiger partial charge in [0.05, 0.1) is 18.2 Å². The van der Waals surface area contributed by atoms with Gasteiger partial charge in [0.1, 0.15) is 5.52 Å². The second-order valence-corrected chi connectivity index (χ2v) is 4.37. The zero-order valence-corrected chi connectivity index (χ0v) is 11.1. The molecule has 19 heavy (non-hydrogen) atoms. The summed E-state index contributed by atoms with van der Waals surface area (Å²) in [5, 5.41) is 19.9. The highest BCUT2D eigenvalue weighted by molar-refractivity contribution is 5.97. The van der Waals surface area contributed by atoms with Gasteiger partial charge in [0.25, 0.3) is 5.91 Å². The lowest BCUT2D eigenvalue weighted by Gasteiger charge is -2.13. The van der Waals surface area contributed by atoms with Crippen molar-refractivity contribution in [2.45, 2.75) is 32.9 Å². The fourth-order valence-electron chi connectivity index (χ4n) is 1.89. The largest absolute Gasteiger partial charge is 0.394 e. The van der Waals surface area contributed by atoms with Gasteiger partial charge < -0.3 is 10.4 Å². The van der Waals surface area contributed by atoms with E-state index in [-0.39, 0.29) is 18.6 Å². The Bertz CT molecular complexity index is 575. The highest BCUT2D eigenvalue weighted by Crippen LogP contribution is 2.13. The molecule has 2 N–H and O–H groups in total. The summed E-state index contributed by atoms with van der Waals surface area (Å²) >= 11 is 0. The minimum atomic E-state index is -0.213. The van der Waals surface area contributed by atoms with E-state index in [4.69, 9.17) is 5.11 Å². The van der Waals surface area contributed by atoms with Crippen molar-refractivity contribution in [1.29, 1.82) is 0 Å². The maximum atomic E-state index is 12.0. The van der Waals surface area contributed by atoms with Gasteiger partial charge in [-0.15, -0.1) is 5.10 Å². The highest BCUT2D eigenvalue weighted by atomic mass is 16.3. The van der Waals surface area contributed by atoms with Gasteiger partial charge in [-0.25, -0.2) is 4.68 Å². The van der Waals surface area contributed by atoms with E-state index in [9.17, 15) is 4.79 Å². The Balaban J connectivity index is 2.23. The summed E-state index contributed by atoms with van der Waals surface area (Å²) < 4.78 is 1.78. The van der Waals surface area contributed by atoms with Gasteiger partial charge in [0, 0.05) is 12.1 Å². The second-order valence-electron chi connectivity index (χ2n) is 4.37. The predicted molar refractivity (Wildman–Crippen MR) is 71.8 cm³/mol. The first kappa shape index (κ1) is 13.5. The van der Waals surface area contributed by atoms with Crippen molar-refractivity contribution < 1.29 is 9.90 Å². The van der Waals surface area contributed by atoms with Gasteiger partial charge in [-0.05, 0) is 31.5 Å². The molecule has 2 rings (SSSR count). The number of carbonyl (C=O) groups excluding carboxylic acids is 1. The van der Waals surface area contributed by atoms with E-state index in [2.05, 4.69) is 15.6 Å². The molecule has 6 nitrogen and oxygen atoms in total. The molecule has 0 bridgehead atoms. The maximum absolute atomic E-state index is 12.0. The van der Waals surface area contributed by atoms with Gasteiger partial charge in [-0.3, -0.25) is 4.79 Å². The quantitative estimate of drug-likeness (QED) is 0.840. The molecule has 1 aromatic carbocycles. The third kappa shape index (κ3) is 2.73. The van der Waals surface area contributed by atoms with E-state index < -0.39 is 0 Å². The van der Waals surface area contributed by atoms with E-state index >= 15 is 0 Å². The molecular formula is C13H18N4O2. The van der Waals surface area contributed by atoms with Crippen LogP contribution in [0.25, 0.3) is 11.0 Å². The number of nitrogens with one attached hydrogen (secondary N) is 1. The normalized spacial score (nSPS) is 12.6. The topological polar surface area (TPSA) is 80.0 Å². The average Bonchev–Trinajstić information content (AvgIpc) is 2.86. The zero-order valence-electron chi connectivity index (χ0n) is 11.1. The predicted octanol–water partition coefficient (Wildman–Crippen LogP) is 0.952. The number of hydrogen-bond acceptors (Lipinski definition) is 4. The van der Waals surface area contributed by atoms with Crippen LogP contribution in [0.2, 0.25) is 0 Å². The molecule has 1 atom stereocenters. The Hall–Kier alpha value is -1.95. The number of rotatable bonds is 5. The number of carbonyl (C=O) groups is 1. The molecule has 0 saturated carbocycles. The van der Waals surface area contributed by atoms with Crippen molar-refractivity contribution in [3.63, 3.8) is 0 Å². The minimum absolute atomic E-state index is 0.0590. The van der Waals surface area contributed by atoms with Gasteiger partial charge in [0.15, 0.2) is 0 Å². The lowest BCUT2D eigenvalue weighted by atomic mass is 10.1. The fraction of sp³-hybridized carbons (Fsp3) is 0.462. The van der Waals surface area contributed by atoms with E-state index in [0.29, 0.717) is 17.5 Å². The monoisotopic (exact) mass is 262 g/mol. The molecule has 0 fully saturated rings. The molecule has 1 amide bonds. The van der Waals surface area contributed by atoms with E-state index in [0.717, 1.165) is 12.1 Å². The molecule has 2 aromatic rings. The SMILES string of the molecule is CC[C@H](CO)NC(=O)c1ccc2c(c1)nnn2CC. The number of nitrogens with zero attached hydrogens (tertiary/aromatic N) is 3. The number of aryl methyl sites for hydroxylation is 1. The van der Waals surface area contributed by atoms with Crippen LogP contribution in [0.4, 0.5) is 0 Å². The van der Waals surface area contributed by atoms with Crippen molar-refractivity contribution in [3.8, 4) is 0 Å². The van der Waals surface area contributed by atoms with Crippen LogP contribution in [-0.2, 0) is 6.54 Å². The number of aliphatic hydroxyl groups is 1. The molecule has 1 heterocycles. The molecule has 6 heteroatoms. The van der Waals surface area contributed by atoms with Crippen LogP contribution in [0.15, 0.2) is 18.2 Å². The molecule has 1 aromatic heterocycles. The Labute approximate surface area is 111 Å².